The van der Waals surface area contributed by atoms with Crippen LogP contribution in [0.4, 0.5) is 5.69 Å². The van der Waals surface area contributed by atoms with E-state index in [-0.39, 0.29) is 13.2 Å². The Kier molecular flexibility index (Phi) is 5.98. The second-order valence-corrected chi connectivity index (χ2v) is 5.63. The first-order valence-electron chi connectivity index (χ1n) is 6.79. The number of rotatable bonds is 8. The molecule has 0 aliphatic carbocycles. The minimum Gasteiger partial charge on any atom is -0.489 e. The lowest BCUT2D eigenvalue weighted by atomic mass is 10.3. The highest BCUT2D eigenvalue weighted by Gasteiger charge is 2.08. The minimum atomic E-state index is -0.674. The van der Waals surface area contributed by atoms with Gasteiger partial charge >= 0.3 is 0 Å². The highest BCUT2D eigenvalue weighted by molar-refractivity contribution is 7.09. The molecule has 0 bridgehead atoms. The van der Waals surface area contributed by atoms with Gasteiger partial charge in [-0.15, -0.1) is 11.3 Å². The Morgan fingerprint density at radius 2 is 2.14 bits per heavy atom. The summed E-state index contributed by atoms with van der Waals surface area (Å²) in [6.45, 7) is 2.95. The average molecular weight is 308 g/mol. The van der Waals surface area contributed by atoms with E-state index in [1.807, 2.05) is 24.6 Å². The molecule has 1 aromatic heterocycles. The summed E-state index contributed by atoms with van der Waals surface area (Å²) in [4.78, 5) is 5.40. The maximum atomic E-state index is 9.81. The quantitative estimate of drug-likeness (QED) is 0.576. The molecule has 0 aliphatic heterocycles. The number of nitrogens with two attached hydrogens (primary N) is 1. The molecular formula is C15H20N2O3S. The summed E-state index contributed by atoms with van der Waals surface area (Å²) in [6, 6.07) is 7.21. The fourth-order valence-electron chi connectivity index (χ4n) is 1.80. The summed E-state index contributed by atoms with van der Waals surface area (Å²) in [5.74, 6) is 0.580. The maximum absolute atomic E-state index is 9.81. The lowest BCUT2D eigenvalue weighted by Crippen LogP contribution is -2.24. The number of anilines is 1. The lowest BCUT2D eigenvalue weighted by molar-refractivity contribution is 0.0133. The first-order valence-corrected chi connectivity index (χ1v) is 7.67. The van der Waals surface area contributed by atoms with Crippen LogP contribution in [0, 0.1) is 6.92 Å². The van der Waals surface area contributed by atoms with Gasteiger partial charge in [-0.1, -0.05) is 12.1 Å². The average Bonchev–Trinajstić information content (AvgIpc) is 2.88. The van der Waals surface area contributed by atoms with Crippen molar-refractivity contribution in [2.45, 2.75) is 19.4 Å². The summed E-state index contributed by atoms with van der Waals surface area (Å²) in [7, 11) is 0. The van der Waals surface area contributed by atoms with E-state index >= 15 is 0 Å². The zero-order chi connectivity index (χ0) is 15.1. The summed E-state index contributed by atoms with van der Waals surface area (Å²) < 4.78 is 10.9. The number of nitrogens with zero attached hydrogens (tertiary/aromatic N) is 1. The van der Waals surface area contributed by atoms with Crippen molar-refractivity contribution in [3.05, 3.63) is 40.3 Å². The third kappa shape index (κ3) is 5.00. The number of benzene rings is 1. The number of ether oxygens (including phenoxy) is 2. The lowest BCUT2D eigenvalue weighted by Gasteiger charge is -2.13. The number of nitrogen functional groups attached to an aromatic ring is 1. The van der Waals surface area contributed by atoms with Crippen LogP contribution in [-0.2, 0) is 11.2 Å². The van der Waals surface area contributed by atoms with E-state index in [4.69, 9.17) is 15.2 Å². The van der Waals surface area contributed by atoms with Crippen LogP contribution in [0.2, 0.25) is 0 Å². The molecule has 0 spiro atoms. The molecule has 0 saturated carbocycles. The van der Waals surface area contributed by atoms with Crippen LogP contribution in [0.25, 0.3) is 0 Å². The number of aliphatic hydroxyl groups excluding tert-OH is 1. The SMILES string of the molecule is Cc1ncsc1CCOCC(O)COc1ccccc1N. The van der Waals surface area contributed by atoms with Crippen LogP contribution in [0.3, 0.4) is 0 Å². The highest BCUT2D eigenvalue weighted by atomic mass is 32.1. The highest BCUT2D eigenvalue weighted by Crippen LogP contribution is 2.19. The monoisotopic (exact) mass is 308 g/mol. The van der Waals surface area contributed by atoms with Crippen molar-refractivity contribution in [2.75, 3.05) is 25.6 Å². The number of para-hydroxylation sites is 2. The molecule has 0 amide bonds. The minimum absolute atomic E-state index is 0.161. The van der Waals surface area contributed by atoms with Gasteiger partial charge in [0.25, 0.3) is 0 Å². The van der Waals surface area contributed by atoms with Crippen LogP contribution >= 0.6 is 11.3 Å². The van der Waals surface area contributed by atoms with Crippen molar-refractivity contribution in [2.24, 2.45) is 0 Å². The smallest absolute Gasteiger partial charge is 0.142 e. The summed E-state index contributed by atoms with van der Waals surface area (Å²) in [5.41, 5.74) is 9.19. The van der Waals surface area contributed by atoms with Crippen LogP contribution in [0.1, 0.15) is 10.6 Å². The van der Waals surface area contributed by atoms with Crippen molar-refractivity contribution in [3.8, 4) is 5.75 Å². The Morgan fingerprint density at radius 1 is 1.33 bits per heavy atom. The van der Waals surface area contributed by atoms with Gasteiger partial charge in [-0.2, -0.15) is 0 Å². The zero-order valence-corrected chi connectivity index (χ0v) is 12.8. The van der Waals surface area contributed by atoms with E-state index in [1.165, 1.54) is 4.88 Å². The number of aromatic nitrogens is 1. The second kappa shape index (κ2) is 7.97. The van der Waals surface area contributed by atoms with Crippen LogP contribution in [-0.4, -0.2) is 36.0 Å². The zero-order valence-electron chi connectivity index (χ0n) is 12.0. The number of thiazole rings is 1. The van der Waals surface area contributed by atoms with Gasteiger partial charge in [0.05, 0.1) is 30.1 Å². The van der Waals surface area contributed by atoms with Crippen LogP contribution in [0.15, 0.2) is 29.8 Å². The van der Waals surface area contributed by atoms with Crippen molar-refractivity contribution in [3.63, 3.8) is 0 Å². The molecule has 21 heavy (non-hydrogen) atoms. The molecule has 1 unspecified atom stereocenters. The maximum Gasteiger partial charge on any atom is 0.142 e. The summed E-state index contributed by atoms with van der Waals surface area (Å²) in [6.07, 6.45) is 0.141. The van der Waals surface area contributed by atoms with Crippen molar-refractivity contribution in [1.82, 2.24) is 4.98 Å². The van der Waals surface area contributed by atoms with Gasteiger partial charge < -0.3 is 20.3 Å². The molecule has 1 heterocycles. The molecule has 2 aromatic rings. The van der Waals surface area contributed by atoms with Crippen LogP contribution in [0.5, 0.6) is 5.75 Å². The molecule has 1 aromatic carbocycles. The fourth-order valence-corrected chi connectivity index (χ4v) is 2.56. The molecule has 0 saturated heterocycles. The van der Waals surface area contributed by atoms with Gasteiger partial charge in [0, 0.05) is 11.3 Å². The molecule has 1 atom stereocenters. The van der Waals surface area contributed by atoms with Gasteiger partial charge in [-0.05, 0) is 19.1 Å². The summed E-state index contributed by atoms with van der Waals surface area (Å²) in [5, 5.41) is 9.81. The predicted octanol–water partition coefficient (Wildman–Crippen LogP) is 2.03. The molecule has 114 valence electrons. The van der Waals surface area contributed by atoms with Crippen molar-refractivity contribution >= 4 is 17.0 Å². The van der Waals surface area contributed by atoms with Gasteiger partial charge in [-0.25, -0.2) is 4.98 Å². The Labute approximate surface area is 128 Å². The largest absolute Gasteiger partial charge is 0.489 e. The molecule has 2 rings (SSSR count). The van der Waals surface area contributed by atoms with Gasteiger partial charge in [0.15, 0.2) is 0 Å². The molecule has 0 fully saturated rings. The van der Waals surface area contributed by atoms with E-state index in [9.17, 15) is 5.11 Å². The molecule has 3 N–H and O–H groups in total. The third-order valence-corrected chi connectivity index (χ3v) is 3.97. The first kappa shape index (κ1) is 15.8. The molecule has 0 aliphatic rings. The Hall–Kier alpha value is -1.63. The Bertz CT molecular complexity index is 559. The second-order valence-electron chi connectivity index (χ2n) is 4.69. The molecule has 6 heteroatoms. The van der Waals surface area contributed by atoms with Gasteiger partial charge in [0.1, 0.15) is 18.5 Å². The Balaban J connectivity index is 1.63. The predicted molar refractivity (Wildman–Crippen MR) is 83.7 cm³/mol. The first-order chi connectivity index (χ1) is 10.2. The van der Waals surface area contributed by atoms with E-state index in [0.717, 1.165) is 12.1 Å². The number of aliphatic hydroxyl groups is 1. The summed E-state index contributed by atoms with van der Waals surface area (Å²) >= 11 is 1.63. The molecule has 5 nitrogen and oxygen atoms in total. The van der Waals surface area contributed by atoms with Crippen molar-refractivity contribution < 1.29 is 14.6 Å². The van der Waals surface area contributed by atoms with Crippen LogP contribution < -0.4 is 10.5 Å². The third-order valence-electron chi connectivity index (χ3n) is 2.98. The van der Waals surface area contributed by atoms with E-state index < -0.39 is 6.10 Å². The van der Waals surface area contributed by atoms with E-state index in [0.29, 0.717) is 18.0 Å². The Morgan fingerprint density at radius 3 is 2.86 bits per heavy atom. The van der Waals surface area contributed by atoms with Gasteiger partial charge in [-0.3, -0.25) is 0 Å². The number of aryl methyl sites for hydroxylation is 1. The van der Waals surface area contributed by atoms with E-state index in [1.54, 1.807) is 23.5 Å². The fraction of sp³-hybridized carbons (Fsp3) is 0.400. The molecular weight excluding hydrogens is 288 g/mol. The normalized spacial score (nSPS) is 12.3. The van der Waals surface area contributed by atoms with Gasteiger partial charge in [0.2, 0.25) is 0 Å². The standard InChI is InChI=1S/C15H20N2O3S/c1-11-15(21-10-17-11)6-7-19-8-12(18)9-20-14-5-3-2-4-13(14)16/h2-5,10,12,18H,6-9,16H2,1H3. The van der Waals surface area contributed by atoms with Crippen molar-refractivity contribution in [1.29, 1.82) is 0 Å². The molecule has 0 radical (unpaired) electrons. The van der Waals surface area contributed by atoms with E-state index in [2.05, 4.69) is 4.98 Å². The number of hydrogen-bond acceptors (Lipinski definition) is 6. The number of hydrogen-bond donors (Lipinski definition) is 2. The topological polar surface area (TPSA) is 77.6 Å².